The second-order valence-corrected chi connectivity index (χ2v) is 5.91. The normalized spacial score (nSPS) is 18.0. The van der Waals surface area contributed by atoms with Crippen LogP contribution in [0.1, 0.15) is 40.8 Å². The highest BCUT2D eigenvalue weighted by molar-refractivity contribution is 5.92. The molecule has 0 unspecified atom stereocenters. The van der Waals surface area contributed by atoms with Gasteiger partial charge in [-0.15, -0.1) is 0 Å². The quantitative estimate of drug-likeness (QED) is 0.674. The smallest absolute Gasteiger partial charge is 0.323 e. The lowest BCUT2D eigenvalue weighted by atomic mass is 10.2. The van der Waals surface area contributed by atoms with Gasteiger partial charge in [0.05, 0.1) is 17.1 Å². The summed E-state index contributed by atoms with van der Waals surface area (Å²) in [5.74, 6) is 0.626. The minimum Gasteiger partial charge on any atom is -0.340 e. The first-order valence-corrected chi connectivity index (χ1v) is 7.67. The highest BCUT2D eigenvalue weighted by Crippen LogP contribution is 2.32. The topological polar surface area (TPSA) is 97.6 Å². The number of aromatic nitrogens is 4. The van der Waals surface area contributed by atoms with Gasteiger partial charge in [0.15, 0.2) is 0 Å². The number of imidazole rings is 2. The monoisotopic (exact) mass is 311 g/mol. The Bertz CT molecular complexity index is 935. The Morgan fingerprint density at radius 2 is 2.22 bits per heavy atom. The van der Waals surface area contributed by atoms with Crippen molar-refractivity contribution in [3.05, 3.63) is 52.0 Å². The summed E-state index contributed by atoms with van der Waals surface area (Å²) in [5.41, 5.74) is 2.94. The number of hydrogen-bond donors (Lipinski definition) is 3. The summed E-state index contributed by atoms with van der Waals surface area (Å²) < 4.78 is 0. The fourth-order valence-corrected chi connectivity index (χ4v) is 3.25. The molecule has 0 aliphatic carbocycles. The van der Waals surface area contributed by atoms with Crippen LogP contribution in [-0.2, 0) is 0 Å². The molecule has 0 radical (unpaired) electrons. The molecule has 1 saturated heterocycles. The Morgan fingerprint density at radius 3 is 2.96 bits per heavy atom. The number of hydrogen-bond acceptors (Lipinski definition) is 3. The Morgan fingerprint density at radius 1 is 1.35 bits per heavy atom. The van der Waals surface area contributed by atoms with Gasteiger partial charge in [-0.25, -0.2) is 9.78 Å². The van der Waals surface area contributed by atoms with E-state index in [0.29, 0.717) is 6.54 Å². The number of rotatable bonds is 2. The van der Waals surface area contributed by atoms with E-state index in [0.717, 1.165) is 35.3 Å². The summed E-state index contributed by atoms with van der Waals surface area (Å²) in [7, 11) is 0. The lowest BCUT2D eigenvalue weighted by Crippen LogP contribution is -2.31. The van der Waals surface area contributed by atoms with Crippen LogP contribution in [-0.4, -0.2) is 37.3 Å². The average molecular weight is 311 g/mol. The van der Waals surface area contributed by atoms with Gasteiger partial charge in [-0.2, -0.15) is 0 Å². The van der Waals surface area contributed by atoms with Crippen LogP contribution in [0.15, 0.2) is 29.2 Å². The minimum absolute atomic E-state index is 0.0901. The molecular weight excluding hydrogens is 294 g/mol. The van der Waals surface area contributed by atoms with Gasteiger partial charge in [0.1, 0.15) is 11.5 Å². The van der Waals surface area contributed by atoms with Gasteiger partial charge in [0.25, 0.3) is 5.91 Å². The Hall–Kier alpha value is -2.83. The van der Waals surface area contributed by atoms with Crippen molar-refractivity contribution in [3.8, 4) is 0 Å². The first kappa shape index (κ1) is 13.8. The van der Waals surface area contributed by atoms with Crippen LogP contribution < -0.4 is 5.69 Å². The number of nitrogens with one attached hydrogen (secondary N) is 3. The maximum absolute atomic E-state index is 12.6. The first-order chi connectivity index (χ1) is 11.1. The number of nitrogens with zero attached hydrogens (tertiary/aromatic N) is 2. The van der Waals surface area contributed by atoms with Crippen molar-refractivity contribution in [1.82, 2.24) is 24.8 Å². The third-order valence-electron chi connectivity index (χ3n) is 4.39. The number of carbonyl (C=O) groups is 1. The molecule has 3 aromatic rings. The zero-order valence-corrected chi connectivity index (χ0v) is 12.7. The van der Waals surface area contributed by atoms with Gasteiger partial charge in [-0.3, -0.25) is 4.79 Å². The Labute approximate surface area is 131 Å². The number of aryl methyl sites for hydroxylation is 1. The van der Waals surface area contributed by atoms with Crippen LogP contribution in [0, 0.1) is 6.92 Å². The number of amides is 1. The van der Waals surface area contributed by atoms with Gasteiger partial charge in [-0.05, 0) is 31.4 Å². The molecule has 118 valence electrons. The molecule has 3 heterocycles. The molecule has 4 rings (SSSR count). The lowest BCUT2D eigenvalue weighted by Gasteiger charge is -2.22. The largest absolute Gasteiger partial charge is 0.340 e. The highest BCUT2D eigenvalue weighted by Gasteiger charge is 2.33. The molecule has 1 aliphatic rings. The predicted molar refractivity (Wildman–Crippen MR) is 85.3 cm³/mol. The van der Waals surface area contributed by atoms with E-state index in [1.807, 2.05) is 25.1 Å². The standard InChI is InChI=1S/C16H17N5O2/c1-9-4-2-5-10-13(9)20-14(18-10)12-6-3-7-21(12)15(22)11-8-17-16(23)19-11/h2,4-5,8,12H,3,6-7H2,1H3,(H,18,20)(H2,17,19,23)/t12-/m1/s1. The third-order valence-corrected chi connectivity index (χ3v) is 4.39. The van der Waals surface area contributed by atoms with Crippen molar-refractivity contribution in [3.63, 3.8) is 0 Å². The van der Waals surface area contributed by atoms with E-state index >= 15 is 0 Å². The Balaban J connectivity index is 1.70. The van der Waals surface area contributed by atoms with Crippen LogP contribution in [0.2, 0.25) is 0 Å². The summed E-state index contributed by atoms with van der Waals surface area (Å²) >= 11 is 0. The zero-order chi connectivity index (χ0) is 16.0. The molecule has 7 nitrogen and oxygen atoms in total. The Kier molecular flexibility index (Phi) is 3.07. The van der Waals surface area contributed by atoms with Crippen molar-refractivity contribution >= 4 is 16.9 Å². The molecule has 23 heavy (non-hydrogen) atoms. The molecule has 0 bridgehead atoms. The number of benzene rings is 1. The number of carbonyl (C=O) groups excluding carboxylic acids is 1. The van der Waals surface area contributed by atoms with Crippen molar-refractivity contribution in [2.75, 3.05) is 6.54 Å². The van der Waals surface area contributed by atoms with Crippen molar-refractivity contribution in [2.45, 2.75) is 25.8 Å². The lowest BCUT2D eigenvalue weighted by molar-refractivity contribution is 0.0725. The second-order valence-electron chi connectivity index (χ2n) is 5.91. The van der Waals surface area contributed by atoms with E-state index in [-0.39, 0.29) is 23.3 Å². The SMILES string of the molecule is Cc1cccc2[nH]c([C@H]3CCCN3C(=O)c3c[nH]c(=O)[nH]3)nc12. The number of H-pyrrole nitrogens is 3. The maximum atomic E-state index is 12.6. The van der Waals surface area contributed by atoms with E-state index in [1.165, 1.54) is 6.20 Å². The number of fused-ring (bicyclic) bond motifs is 1. The van der Waals surface area contributed by atoms with Crippen LogP contribution in [0.5, 0.6) is 0 Å². The van der Waals surface area contributed by atoms with Gasteiger partial charge in [0.2, 0.25) is 0 Å². The predicted octanol–water partition coefficient (Wildman–Crippen LogP) is 1.87. The molecule has 7 heteroatoms. The molecule has 0 saturated carbocycles. The van der Waals surface area contributed by atoms with E-state index in [1.54, 1.807) is 4.90 Å². The molecule has 0 spiro atoms. The average Bonchev–Trinajstić information content (AvgIpc) is 3.24. The zero-order valence-electron chi connectivity index (χ0n) is 12.7. The number of para-hydroxylation sites is 1. The molecule has 2 aromatic heterocycles. The van der Waals surface area contributed by atoms with Gasteiger partial charge >= 0.3 is 5.69 Å². The fourth-order valence-electron chi connectivity index (χ4n) is 3.25. The van der Waals surface area contributed by atoms with Crippen LogP contribution in [0.4, 0.5) is 0 Å². The summed E-state index contributed by atoms with van der Waals surface area (Å²) in [6.45, 7) is 2.68. The summed E-state index contributed by atoms with van der Waals surface area (Å²) in [4.78, 5) is 38.6. The number of likely N-dealkylation sites (tertiary alicyclic amines) is 1. The molecule has 1 atom stereocenters. The van der Waals surface area contributed by atoms with Crippen molar-refractivity contribution < 1.29 is 4.79 Å². The summed E-state index contributed by atoms with van der Waals surface area (Å²) in [6, 6.07) is 5.91. The third kappa shape index (κ3) is 2.25. The van der Waals surface area contributed by atoms with Crippen LogP contribution in [0.25, 0.3) is 11.0 Å². The molecule has 1 amide bonds. The van der Waals surface area contributed by atoms with Crippen LogP contribution in [0.3, 0.4) is 0 Å². The summed E-state index contributed by atoms with van der Waals surface area (Å²) in [6.07, 6.45) is 3.20. The highest BCUT2D eigenvalue weighted by atomic mass is 16.2. The van der Waals surface area contributed by atoms with Gasteiger partial charge in [-0.1, -0.05) is 12.1 Å². The van der Waals surface area contributed by atoms with E-state index in [2.05, 4.69) is 15.0 Å². The van der Waals surface area contributed by atoms with E-state index in [9.17, 15) is 9.59 Å². The van der Waals surface area contributed by atoms with Crippen molar-refractivity contribution in [1.29, 1.82) is 0 Å². The van der Waals surface area contributed by atoms with Crippen molar-refractivity contribution in [2.24, 2.45) is 0 Å². The first-order valence-electron chi connectivity index (χ1n) is 7.67. The molecule has 1 aliphatic heterocycles. The van der Waals surface area contributed by atoms with Gasteiger partial charge < -0.3 is 19.9 Å². The van der Waals surface area contributed by atoms with Gasteiger partial charge in [0, 0.05) is 12.7 Å². The number of aromatic amines is 3. The molecule has 3 N–H and O–H groups in total. The second kappa shape index (κ2) is 5.12. The molecular formula is C16H17N5O2. The maximum Gasteiger partial charge on any atom is 0.323 e. The van der Waals surface area contributed by atoms with E-state index < -0.39 is 0 Å². The molecule has 1 aromatic carbocycles. The molecule has 1 fully saturated rings. The minimum atomic E-state index is -0.372. The van der Waals surface area contributed by atoms with E-state index in [4.69, 9.17) is 4.98 Å². The summed E-state index contributed by atoms with van der Waals surface area (Å²) in [5, 5.41) is 0. The van der Waals surface area contributed by atoms with Crippen LogP contribution >= 0.6 is 0 Å². The fraction of sp³-hybridized carbons (Fsp3) is 0.312.